The van der Waals surface area contributed by atoms with Crippen LogP contribution in [0.1, 0.15) is 91.5 Å². The third-order valence-electron chi connectivity index (χ3n) is 5.82. The van der Waals surface area contributed by atoms with Crippen molar-refractivity contribution in [1.82, 2.24) is 10.0 Å². The predicted molar refractivity (Wildman–Crippen MR) is 135 cm³/mol. The molecule has 1 aromatic rings. The Bertz CT molecular complexity index is 855. The van der Waals surface area contributed by atoms with Crippen LogP contribution in [0.25, 0.3) is 0 Å². The van der Waals surface area contributed by atoms with Crippen LogP contribution >= 0.6 is 0 Å². The molecule has 0 radical (unpaired) electrons. The third-order valence-corrected chi connectivity index (χ3v) is 8.01. The molecule has 0 aromatic heterocycles. The molecule has 2 rings (SSSR count). The lowest BCUT2D eigenvalue weighted by molar-refractivity contribution is 0.0505. The summed E-state index contributed by atoms with van der Waals surface area (Å²) in [7, 11) is -3.25. The van der Waals surface area contributed by atoms with Crippen molar-refractivity contribution in [3.05, 3.63) is 29.8 Å². The van der Waals surface area contributed by atoms with Gasteiger partial charge in [0.1, 0.15) is 5.60 Å². The zero-order valence-corrected chi connectivity index (χ0v) is 22.0. The molecule has 2 atom stereocenters. The van der Waals surface area contributed by atoms with Gasteiger partial charge in [0, 0.05) is 24.8 Å². The highest BCUT2D eigenvalue weighted by Gasteiger charge is 2.29. The largest absolute Gasteiger partial charge is 0.444 e. The van der Waals surface area contributed by atoms with Gasteiger partial charge in [-0.15, -0.1) is 0 Å². The van der Waals surface area contributed by atoms with Crippen LogP contribution in [0.3, 0.4) is 0 Å². The first-order valence-electron chi connectivity index (χ1n) is 12.1. The Balaban J connectivity index is 1.65. The molecule has 1 saturated carbocycles. The first-order chi connectivity index (χ1) is 15.3. The molecule has 188 valence electrons. The SMILES string of the molecule is CC(C)(C)OC(=O)NC1CCC(c2ccc(NCCCCCNS(=O)(=O)C(C)(C)C)cc2)C1. The Morgan fingerprint density at radius 2 is 1.61 bits per heavy atom. The number of hydrogen-bond acceptors (Lipinski definition) is 5. The van der Waals surface area contributed by atoms with Crippen LogP contribution in [0.2, 0.25) is 0 Å². The van der Waals surface area contributed by atoms with Crippen molar-refractivity contribution in [3.63, 3.8) is 0 Å². The maximum Gasteiger partial charge on any atom is 0.407 e. The summed E-state index contributed by atoms with van der Waals surface area (Å²) >= 11 is 0. The van der Waals surface area contributed by atoms with Crippen molar-refractivity contribution in [1.29, 1.82) is 0 Å². The zero-order valence-electron chi connectivity index (χ0n) is 21.2. The summed E-state index contributed by atoms with van der Waals surface area (Å²) in [5.74, 6) is 0.455. The molecule has 1 aromatic carbocycles. The van der Waals surface area contributed by atoms with Gasteiger partial charge in [0.2, 0.25) is 10.0 Å². The molecule has 0 aliphatic heterocycles. The normalized spacial score (nSPS) is 19.3. The maximum absolute atomic E-state index is 12.0. The van der Waals surface area contributed by atoms with E-state index in [9.17, 15) is 13.2 Å². The minimum atomic E-state index is -3.25. The minimum absolute atomic E-state index is 0.163. The van der Waals surface area contributed by atoms with E-state index in [1.807, 2.05) is 20.8 Å². The van der Waals surface area contributed by atoms with Crippen LogP contribution in [0.5, 0.6) is 0 Å². The van der Waals surface area contributed by atoms with Crippen LogP contribution < -0.4 is 15.4 Å². The van der Waals surface area contributed by atoms with Crippen molar-refractivity contribution in [2.45, 2.75) is 102 Å². The van der Waals surface area contributed by atoms with E-state index >= 15 is 0 Å². The first-order valence-corrected chi connectivity index (χ1v) is 13.6. The Morgan fingerprint density at radius 3 is 2.21 bits per heavy atom. The lowest BCUT2D eigenvalue weighted by Gasteiger charge is -2.21. The quantitative estimate of drug-likeness (QED) is 0.402. The van der Waals surface area contributed by atoms with E-state index in [4.69, 9.17) is 4.74 Å². The fourth-order valence-corrected chi connectivity index (χ4v) is 4.69. The van der Waals surface area contributed by atoms with E-state index in [1.54, 1.807) is 20.8 Å². The van der Waals surface area contributed by atoms with E-state index in [0.29, 0.717) is 12.5 Å². The van der Waals surface area contributed by atoms with Crippen LogP contribution in [0.15, 0.2) is 24.3 Å². The second kappa shape index (κ2) is 11.6. The van der Waals surface area contributed by atoms with Crippen LogP contribution in [0, 0.1) is 0 Å². The number of nitrogens with one attached hydrogen (secondary N) is 3. The Labute approximate surface area is 200 Å². The van der Waals surface area contributed by atoms with Crippen molar-refractivity contribution in [2.75, 3.05) is 18.4 Å². The summed E-state index contributed by atoms with van der Waals surface area (Å²) < 4.78 is 31.3. The number of sulfonamides is 1. The van der Waals surface area contributed by atoms with Gasteiger partial charge >= 0.3 is 6.09 Å². The zero-order chi connectivity index (χ0) is 24.7. The fraction of sp³-hybridized carbons (Fsp3) is 0.720. The number of carbonyl (C=O) groups excluding carboxylic acids is 1. The van der Waals surface area contributed by atoms with Gasteiger partial charge in [-0.25, -0.2) is 17.9 Å². The van der Waals surface area contributed by atoms with Crippen molar-refractivity contribution >= 4 is 21.8 Å². The number of rotatable bonds is 10. The van der Waals surface area contributed by atoms with Crippen molar-refractivity contribution < 1.29 is 17.9 Å². The van der Waals surface area contributed by atoms with Gasteiger partial charge in [-0.3, -0.25) is 0 Å². The van der Waals surface area contributed by atoms with Gasteiger partial charge in [0.05, 0.1) is 4.75 Å². The summed E-state index contributed by atoms with van der Waals surface area (Å²) in [4.78, 5) is 12.0. The Kier molecular flexibility index (Phi) is 9.61. The molecule has 2 unspecified atom stereocenters. The van der Waals surface area contributed by atoms with Crippen LogP contribution in [-0.2, 0) is 14.8 Å². The second-order valence-electron chi connectivity index (χ2n) is 11.0. The van der Waals surface area contributed by atoms with Gasteiger partial charge in [-0.2, -0.15) is 0 Å². The van der Waals surface area contributed by atoms with Crippen molar-refractivity contribution in [2.24, 2.45) is 0 Å². The molecule has 7 nitrogen and oxygen atoms in total. The number of hydrogen-bond donors (Lipinski definition) is 3. The topological polar surface area (TPSA) is 96.5 Å². The molecule has 0 saturated heterocycles. The molecule has 0 bridgehead atoms. The number of alkyl carbamates (subject to hydrolysis) is 1. The number of anilines is 1. The highest BCUT2D eigenvalue weighted by atomic mass is 32.2. The van der Waals surface area contributed by atoms with Gasteiger partial charge in [-0.1, -0.05) is 18.6 Å². The molecule has 1 aliphatic carbocycles. The van der Waals surface area contributed by atoms with E-state index in [-0.39, 0.29) is 12.1 Å². The number of amides is 1. The summed E-state index contributed by atoms with van der Waals surface area (Å²) in [5, 5.41) is 6.44. The van der Waals surface area contributed by atoms with E-state index in [0.717, 1.165) is 50.8 Å². The Hall–Kier alpha value is -1.80. The van der Waals surface area contributed by atoms with E-state index in [1.165, 1.54) is 5.56 Å². The molecule has 1 aliphatic rings. The fourth-order valence-electron chi connectivity index (χ4n) is 3.85. The molecule has 33 heavy (non-hydrogen) atoms. The monoisotopic (exact) mass is 481 g/mol. The summed E-state index contributed by atoms with van der Waals surface area (Å²) in [5.41, 5.74) is 1.92. The lowest BCUT2D eigenvalue weighted by atomic mass is 9.97. The van der Waals surface area contributed by atoms with Crippen molar-refractivity contribution in [3.8, 4) is 0 Å². The van der Waals surface area contributed by atoms with Crippen LogP contribution in [0.4, 0.5) is 10.5 Å². The molecule has 3 N–H and O–H groups in total. The number of unbranched alkanes of at least 4 members (excludes halogenated alkanes) is 2. The number of carbonyl (C=O) groups is 1. The average molecular weight is 482 g/mol. The average Bonchev–Trinajstić information content (AvgIpc) is 3.13. The van der Waals surface area contributed by atoms with Gasteiger partial charge in [0.15, 0.2) is 0 Å². The number of ether oxygens (including phenoxy) is 1. The summed E-state index contributed by atoms with van der Waals surface area (Å²) in [6.07, 6.45) is 5.41. The molecule has 1 fully saturated rings. The molecular weight excluding hydrogens is 438 g/mol. The lowest BCUT2D eigenvalue weighted by Crippen LogP contribution is -2.39. The van der Waals surface area contributed by atoms with Crippen LogP contribution in [-0.4, -0.2) is 44.0 Å². The van der Waals surface area contributed by atoms with Gasteiger partial charge in [0.25, 0.3) is 0 Å². The minimum Gasteiger partial charge on any atom is -0.444 e. The molecule has 8 heteroatoms. The van der Waals surface area contributed by atoms with Gasteiger partial charge < -0.3 is 15.4 Å². The summed E-state index contributed by atoms with van der Waals surface area (Å²) in [6, 6.07) is 8.73. The van der Waals surface area contributed by atoms with Gasteiger partial charge in [-0.05, 0) is 97.3 Å². The predicted octanol–water partition coefficient (Wildman–Crippen LogP) is 5.15. The summed E-state index contributed by atoms with van der Waals surface area (Å²) in [6.45, 7) is 12.1. The maximum atomic E-state index is 12.0. The standard InChI is InChI=1S/C25H43N3O4S/c1-24(2,3)32-23(29)28-22-15-12-20(18-22)19-10-13-21(14-11-19)26-16-8-7-9-17-27-33(30,31)25(4,5)6/h10-11,13-14,20,22,26-27H,7-9,12,15-18H2,1-6H3,(H,28,29). The Morgan fingerprint density at radius 1 is 0.970 bits per heavy atom. The van der Waals surface area contributed by atoms with E-state index in [2.05, 4.69) is 39.6 Å². The van der Waals surface area contributed by atoms with E-state index < -0.39 is 20.4 Å². The molecule has 1 amide bonds. The first kappa shape index (κ1) is 27.4. The molecular formula is C25H43N3O4S. The molecule has 0 heterocycles. The third kappa shape index (κ3) is 9.53. The molecule has 0 spiro atoms. The second-order valence-corrected chi connectivity index (χ2v) is 13.5. The number of benzene rings is 1. The highest BCUT2D eigenvalue weighted by molar-refractivity contribution is 7.90. The highest BCUT2D eigenvalue weighted by Crippen LogP contribution is 2.35. The smallest absolute Gasteiger partial charge is 0.407 e.